The third kappa shape index (κ3) is 5.51. The smallest absolute Gasteiger partial charge is 0.272 e. The van der Waals surface area contributed by atoms with Crippen molar-refractivity contribution in [2.75, 3.05) is 46.9 Å². The van der Waals surface area contributed by atoms with Crippen LogP contribution in [0.4, 0.5) is 25.8 Å². The number of benzene rings is 2. The van der Waals surface area contributed by atoms with E-state index in [4.69, 9.17) is 0 Å². The van der Waals surface area contributed by atoms with Crippen molar-refractivity contribution in [2.24, 2.45) is 12.5 Å². The summed E-state index contributed by atoms with van der Waals surface area (Å²) in [5, 5.41) is 8.41. The van der Waals surface area contributed by atoms with Gasteiger partial charge in [0.15, 0.2) is 0 Å². The molecule has 2 aliphatic heterocycles. The number of hydrogen-bond acceptors (Lipinski definition) is 6. The summed E-state index contributed by atoms with van der Waals surface area (Å²) >= 11 is 0. The molecular weight excluding hydrogens is 550 g/mol. The zero-order valence-corrected chi connectivity index (χ0v) is 24.4. The van der Waals surface area contributed by atoms with E-state index in [-0.39, 0.29) is 30.8 Å². The van der Waals surface area contributed by atoms with Crippen LogP contribution >= 0.6 is 0 Å². The third-order valence-electron chi connectivity index (χ3n) is 8.97. The zero-order valence-electron chi connectivity index (χ0n) is 23.6. The van der Waals surface area contributed by atoms with Crippen molar-refractivity contribution in [3.8, 4) is 0 Å². The summed E-state index contributed by atoms with van der Waals surface area (Å²) in [6.07, 6.45) is 4.62. The van der Waals surface area contributed by atoms with Crippen LogP contribution in [-0.2, 0) is 17.1 Å². The molecule has 1 spiro atoms. The van der Waals surface area contributed by atoms with E-state index in [1.165, 1.54) is 12.8 Å². The first-order valence-corrected chi connectivity index (χ1v) is 15.8. The third-order valence-corrected chi connectivity index (χ3v) is 10.3. The second-order valence-electron chi connectivity index (χ2n) is 11.9. The SMILES string of the molecule is CCS(=O)(=O)Nc1ccc(C(=O)Nc2ccc3c(c2)c(C(C)N2CC(F)(F)C2)nn3C)c(N2CCC3(CC2)CC3)c1. The molecule has 3 heterocycles. The van der Waals surface area contributed by atoms with E-state index in [1.54, 1.807) is 40.8 Å². The average Bonchev–Trinajstić information content (AvgIpc) is 3.59. The summed E-state index contributed by atoms with van der Waals surface area (Å²) in [4.78, 5) is 17.5. The molecule has 1 aromatic heterocycles. The fourth-order valence-corrected chi connectivity index (χ4v) is 6.70. The number of hydrogen-bond donors (Lipinski definition) is 2. The summed E-state index contributed by atoms with van der Waals surface area (Å²) in [7, 11) is -1.66. The normalized spacial score (nSPS) is 20.6. The standard InChI is InChI=1S/C29H36F2N6O3S/c1-4-41(39,40)34-21-5-7-22(25(16-21)36-13-11-28(9-10-28)12-14-36)27(38)32-20-6-8-24-23(15-20)26(33-35(24)3)19(2)37-17-29(30,31)18-37/h5-8,15-16,19,34H,4,9-14,17-18H2,1-3H3,(H,32,38). The number of rotatable bonds is 8. The van der Waals surface area contributed by atoms with Gasteiger partial charge in [-0.3, -0.25) is 19.1 Å². The Balaban J connectivity index is 1.28. The number of piperidine rings is 1. The highest BCUT2D eigenvalue weighted by molar-refractivity contribution is 7.92. The first-order chi connectivity index (χ1) is 19.4. The van der Waals surface area contributed by atoms with Crippen LogP contribution in [-0.4, -0.2) is 66.9 Å². The molecule has 2 aromatic carbocycles. The van der Waals surface area contributed by atoms with Crippen LogP contribution in [0.1, 0.15) is 61.6 Å². The molecule has 0 radical (unpaired) electrons. The number of aryl methyl sites for hydroxylation is 1. The van der Waals surface area contributed by atoms with Crippen molar-refractivity contribution >= 4 is 43.9 Å². The number of halogens is 2. The molecule has 0 bridgehead atoms. The van der Waals surface area contributed by atoms with E-state index in [0.29, 0.717) is 33.7 Å². The largest absolute Gasteiger partial charge is 0.371 e. The van der Waals surface area contributed by atoms with Gasteiger partial charge in [-0.05, 0) is 81.3 Å². The van der Waals surface area contributed by atoms with Crippen LogP contribution in [0.2, 0.25) is 0 Å². The van der Waals surface area contributed by atoms with Gasteiger partial charge in [0, 0.05) is 31.2 Å². The van der Waals surface area contributed by atoms with Gasteiger partial charge < -0.3 is 10.2 Å². The van der Waals surface area contributed by atoms with E-state index in [1.807, 2.05) is 26.1 Å². The van der Waals surface area contributed by atoms with Gasteiger partial charge in [0.25, 0.3) is 11.8 Å². The van der Waals surface area contributed by atoms with E-state index >= 15 is 0 Å². The number of carbonyl (C=O) groups is 1. The molecule has 1 amide bonds. The minimum Gasteiger partial charge on any atom is -0.371 e. The number of alkyl halides is 2. The lowest BCUT2D eigenvalue weighted by atomic mass is 9.93. The topological polar surface area (TPSA) is 99.6 Å². The van der Waals surface area contributed by atoms with Crippen LogP contribution in [0.25, 0.3) is 10.9 Å². The summed E-state index contributed by atoms with van der Waals surface area (Å²) in [5.74, 6) is -3.03. The van der Waals surface area contributed by atoms with Crippen molar-refractivity contribution < 1.29 is 22.0 Å². The maximum absolute atomic E-state index is 13.7. The lowest BCUT2D eigenvalue weighted by Crippen LogP contribution is -2.56. The summed E-state index contributed by atoms with van der Waals surface area (Å²) < 4.78 is 55.9. The van der Waals surface area contributed by atoms with E-state index < -0.39 is 15.9 Å². The number of anilines is 3. The van der Waals surface area contributed by atoms with Gasteiger partial charge in [-0.1, -0.05) is 0 Å². The molecule has 41 heavy (non-hydrogen) atoms. The summed E-state index contributed by atoms with van der Waals surface area (Å²) in [6.45, 7) is 4.47. The van der Waals surface area contributed by atoms with Crippen LogP contribution in [0.15, 0.2) is 36.4 Å². The Morgan fingerprint density at radius 2 is 1.73 bits per heavy atom. The molecule has 220 valence electrons. The van der Waals surface area contributed by atoms with Gasteiger partial charge in [-0.2, -0.15) is 5.10 Å². The fraction of sp³-hybridized carbons (Fsp3) is 0.517. The molecule has 2 saturated heterocycles. The predicted octanol–water partition coefficient (Wildman–Crippen LogP) is 4.98. The molecule has 3 aromatic rings. The monoisotopic (exact) mass is 586 g/mol. The number of fused-ring (bicyclic) bond motifs is 1. The van der Waals surface area contributed by atoms with Crippen molar-refractivity contribution in [1.82, 2.24) is 14.7 Å². The fourth-order valence-electron chi connectivity index (χ4n) is 6.07. The quantitative estimate of drug-likeness (QED) is 0.386. The zero-order chi connectivity index (χ0) is 29.2. The second-order valence-corrected chi connectivity index (χ2v) is 13.9. The van der Waals surface area contributed by atoms with Gasteiger partial charge >= 0.3 is 0 Å². The highest BCUT2D eigenvalue weighted by Gasteiger charge is 2.47. The summed E-state index contributed by atoms with van der Waals surface area (Å²) in [6, 6.07) is 10.2. The van der Waals surface area contributed by atoms with Crippen molar-refractivity contribution in [3.63, 3.8) is 0 Å². The first-order valence-electron chi connectivity index (χ1n) is 14.2. The maximum Gasteiger partial charge on any atom is 0.272 e. The predicted molar refractivity (Wildman–Crippen MR) is 156 cm³/mol. The van der Waals surface area contributed by atoms with Crippen molar-refractivity contribution in [2.45, 2.75) is 51.5 Å². The van der Waals surface area contributed by atoms with Crippen LogP contribution in [0.3, 0.4) is 0 Å². The molecule has 3 aliphatic rings. The number of likely N-dealkylation sites (tertiary alicyclic amines) is 1. The molecular formula is C29H36F2N6O3S. The van der Waals surface area contributed by atoms with Gasteiger partial charge in [-0.15, -0.1) is 0 Å². The first kappa shape index (κ1) is 27.9. The van der Waals surface area contributed by atoms with Gasteiger partial charge in [-0.25, -0.2) is 17.2 Å². The highest BCUT2D eigenvalue weighted by Crippen LogP contribution is 2.54. The lowest BCUT2D eigenvalue weighted by Gasteiger charge is -2.42. The Morgan fingerprint density at radius 3 is 2.37 bits per heavy atom. The Labute approximate surface area is 238 Å². The van der Waals surface area contributed by atoms with Crippen LogP contribution in [0, 0.1) is 5.41 Å². The minimum atomic E-state index is -3.47. The highest BCUT2D eigenvalue weighted by atomic mass is 32.2. The second kappa shape index (κ2) is 9.94. The average molecular weight is 587 g/mol. The summed E-state index contributed by atoms with van der Waals surface area (Å²) in [5.41, 5.74) is 4.12. The molecule has 12 heteroatoms. The Bertz CT molecular complexity index is 1600. The number of amides is 1. The van der Waals surface area contributed by atoms with Gasteiger partial charge in [0.05, 0.1) is 53.0 Å². The minimum absolute atomic E-state index is 0.0472. The lowest BCUT2D eigenvalue weighted by molar-refractivity contribution is -0.144. The molecule has 1 saturated carbocycles. The van der Waals surface area contributed by atoms with E-state index in [2.05, 4.69) is 20.0 Å². The molecule has 6 rings (SSSR count). The van der Waals surface area contributed by atoms with Crippen molar-refractivity contribution in [3.05, 3.63) is 47.7 Å². The number of aromatic nitrogens is 2. The number of nitrogens with zero attached hydrogens (tertiary/aromatic N) is 4. The molecule has 2 N–H and O–H groups in total. The number of sulfonamides is 1. The number of nitrogens with one attached hydrogen (secondary N) is 2. The van der Waals surface area contributed by atoms with Crippen LogP contribution in [0.5, 0.6) is 0 Å². The van der Waals surface area contributed by atoms with Gasteiger partial charge in [0.2, 0.25) is 10.0 Å². The molecule has 3 fully saturated rings. The molecule has 1 unspecified atom stereocenters. The van der Waals surface area contributed by atoms with Crippen molar-refractivity contribution in [1.29, 1.82) is 0 Å². The Hall–Kier alpha value is -3.25. The molecule has 9 nitrogen and oxygen atoms in total. The van der Waals surface area contributed by atoms with Crippen LogP contribution < -0.4 is 14.9 Å². The molecule has 1 atom stereocenters. The van der Waals surface area contributed by atoms with E-state index in [9.17, 15) is 22.0 Å². The Kier molecular flexibility index (Phi) is 6.76. The Morgan fingerprint density at radius 1 is 1.05 bits per heavy atom. The van der Waals surface area contributed by atoms with E-state index in [0.717, 1.165) is 36.8 Å². The number of carbonyl (C=O) groups excluding carboxylic acids is 1. The maximum atomic E-state index is 13.7. The molecule has 1 aliphatic carbocycles. The van der Waals surface area contributed by atoms with Gasteiger partial charge in [0.1, 0.15) is 0 Å².